The predicted octanol–water partition coefficient (Wildman–Crippen LogP) is 23.2. The molecule has 0 bridgehead atoms. The lowest BCUT2D eigenvalue weighted by atomic mass is 10.1. The Morgan fingerprint density at radius 3 is 0.783 bits per heavy atom. The summed E-state index contributed by atoms with van der Waals surface area (Å²) in [6, 6.07) is 0. The molecule has 0 aromatic heterocycles. The van der Waals surface area contributed by atoms with E-state index in [1.54, 1.807) is 0 Å². The van der Waals surface area contributed by atoms with Gasteiger partial charge in [-0.1, -0.05) is 274 Å². The van der Waals surface area contributed by atoms with Crippen LogP contribution in [-0.4, -0.2) is 37.2 Å². The fourth-order valence-electron chi connectivity index (χ4n) is 8.46. The van der Waals surface area contributed by atoms with E-state index in [-0.39, 0.29) is 37.5 Å². The molecule has 0 saturated heterocycles. The Kier molecular flexibility index (Phi) is 64.4. The summed E-state index contributed by atoms with van der Waals surface area (Å²) in [5.41, 5.74) is 0. The smallest absolute Gasteiger partial charge is 0.306 e. The molecule has 6 heteroatoms. The van der Waals surface area contributed by atoms with Gasteiger partial charge in [-0.15, -0.1) is 0 Å². The maximum Gasteiger partial charge on any atom is 0.306 e. The highest BCUT2D eigenvalue weighted by Crippen LogP contribution is 2.13. The van der Waals surface area contributed by atoms with Crippen molar-refractivity contribution in [3.05, 3.63) is 182 Å². The van der Waals surface area contributed by atoms with Crippen molar-refractivity contribution in [1.82, 2.24) is 0 Å². The standard InChI is InChI=1S/C77H120O6/c1-4-7-10-13-16-19-22-25-28-30-32-34-36-37-38-39-41-42-44-46-49-52-55-58-61-64-67-70-76(79)82-73-74(72-81-75(78)69-66-63-60-57-54-51-48-27-24-21-18-15-12-9-6-3)83-77(80)71-68-65-62-59-56-53-50-47-45-43-40-35-33-31-29-26-23-20-17-14-11-8-5-2/h7-8,10-11,16-17,19-20,25-29,32-35,37-38,41-43,45-46,48-50,53,59,62,74H,4-6,9,12-15,18,21-24,30-31,36,39-40,44,47,51-52,54-58,60-61,63-73H2,1-3H3/b10-7-,11-8-,19-16-,20-17-,28-25-,29-26-,34-32-,35-33-,38-37-,42-41-,45-43-,48-27-,49-46-,53-50-,62-59-. The van der Waals surface area contributed by atoms with Crippen molar-refractivity contribution in [3.63, 3.8) is 0 Å². The highest BCUT2D eigenvalue weighted by Gasteiger charge is 2.19. The van der Waals surface area contributed by atoms with Gasteiger partial charge in [-0.05, 0) is 154 Å². The Bertz CT molecular complexity index is 1940. The summed E-state index contributed by atoms with van der Waals surface area (Å²) in [4.78, 5) is 38.4. The average molecular weight is 1140 g/mol. The first-order valence-electron chi connectivity index (χ1n) is 33.3. The van der Waals surface area contributed by atoms with Crippen molar-refractivity contribution in [3.8, 4) is 0 Å². The number of hydrogen-bond donors (Lipinski definition) is 0. The molecule has 0 aliphatic heterocycles. The van der Waals surface area contributed by atoms with Crippen LogP contribution in [0, 0.1) is 0 Å². The van der Waals surface area contributed by atoms with Gasteiger partial charge in [0.2, 0.25) is 0 Å². The molecule has 0 fully saturated rings. The minimum absolute atomic E-state index is 0.120. The summed E-state index contributed by atoms with van der Waals surface area (Å²) in [5.74, 6) is -1.01. The minimum Gasteiger partial charge on any atom is -0.462 e. The average Bonchev–Trinajstić information content (AvgIpc) is 3.49. The van der Waals surface area contributed by atoms with Gasteiger partial charge in [-0.3, -0.25) is 14.4 Å². The summed E-state index contributed by atoms with van der Waals surface area (Å²) in [7, 11) is 0. The summed E-state index contributed by atoms with van der Waals surface area (Å²) < 4.78 is 16.9. The fourth-order valence-corrected chi connectivity index (χ4v) is 8.46. The zero-order valence-electron chi connectivity index (χ0n) is 53.1. The molecule has 0 aliphatic carbocycles. The minimum atomic E-state index is -0.833. The molecule has 0 heterocycles. The molecule has 1 atom stereocenters. The maximum atomic E-state index is 12.9. The van der Waals surface area contributed by atoms with Gasteiger partial charge in [0.1, 0.15) is 13.2 Å². The number of carbonyl (C=O) groups excluding carboxylic acids is 3. The highest BCUT2D eigenvalue weighted by atomic mass is 16.6. The van der Waals surface area contributed by atoms with Crippen LogP contribution in [0.25, 0.3) is 0 Å². The molecule has 0 amide bonds. The fraction of sp³-hybridized carbons (Fsp3) is 0.571. The molecule has 0 rings (SSSR count). The summed E-state index contributed by atoms with van der Waals surface area (Å²) in [6.07, 6.45) is 103. The highest BCUT2D eigenvalue weighted by molar-refractivity contribution is 5.71. The molecule has 0 aromatic carbocycles. The quantitative estimate of drug-likeness (QED) is 0.0261. The van der Waals surface area contributed by atoms with E-state index < -0.39 is 6.10 Å². The van der Waals surface area contributed by atoms with Gasteiger partial charge in [0.15, 0.2) is 6.10 Å². The number of esters is 3. The maximum absolute atomic E-state index is 12.9. The van der Waals surface area contributed by atoms with Crippen LogP contribution in [0.4, 0.5) is 0 Å². The third kappa shape index (κ3) is 67.2. The van der Waals surface area contributed by atoms with Crippen LogP contribution in [-0.2, 0) is 28.6 Å². The third-order valence-electron chi connectivity index (χ3n) is 13.4. The second-order valence-electron chi connectivity index (χ2n) is 21.3. The van der Waals surface area contributed by atoms with Crippen LogP contribution in [0.15, 0.2) is 182 Å². The zero-order chi connectivity index (χ0) is 59.9. The van der Waals surface area contributed by atoms with Gasteiger partial charge in [-0.25, -0.2) is 0 Å². The molecule has 0 aliphatic rings. The molecule has 6 nitrogen and oxygen atoms in total. The lowest BCUT2D eigenvalue weighted by Crippen LogP contribution is -2.30. The first-order chi connectivity index (χ1) is 41.0. The van der Waals surface area contributed by atoms with Crippen LogP contribution in [0.1, 0.15) is 265 Å². The lowest BCUT2D eigenvalue weighted by molar-refractivity contribution is -0.167. The van der Waals surface area contributed by atoms with Crippen LogP contribution in [0.3, 0.4) is 0 Å². The predicted molar refractivity (Wildman–Crippen MR) is 361 cm³/mol. The summed E-state index contributed by atoms with van der Waals surface area (Å²) >= 11 is 0. The first kappa shape index (κ1) is 77.5. The van der Waals surface area contributed by atoms with Gasteiger partial charge >= 0.3 is 17.9 Å². The molecule has 0 aromatic rings. The van der Waals surface area contributed by atoms with Crippen LogP contribution in [0.2, 0.25) is 0 Å². The van der Waals surface area contributed by atoms with Gasteiger partial charge in [-0.2, -0.15) is 0 Å². The van der Waals surface area contributed by atoms with Crippen LogP contribution in [0.5, 0.6) is 0 Å². The molecule has 83 heavy (non-hydrogen) atoms. The second kappa shape index (κ2) is 69.0. The topological polar surface area (TPSA) is 78.9 Å². The summed E-state index contributed by atoms with van der Waals surface area (Å²) in [5, 5.41) is 0. The number of unbranched alkanes of at least 4 members (excludes halogenated alkanes) is 17. The van der Waals surface area contributed by atoms with Gasteiger partial charge in [0.25, 0.3) is 0 Å². The number of ether oxygens (including phenoxy) is 3. The zero-order valence-corrected chi connectivity index (χ0v) is 53.1. The van der Waals surface area contributed by atoms with Crippen LogP contribution >= 0.6 is 0 Å². The molecule has 0 radical (unpaired) electrons. The Morgan fingerprint density at radius 2 is 0.482 bits per heavy atom. The lowest BCUT2D eigenvalue weighted by Gasteiger charge is -2.18. The number of allylic oxidation sites excluding steroid dienone is 30. The summed E-state index contributed by atoms with van der Waals surface area (Å²) in [6.45, 7) is 6.33. The Hall–Kier alpha value is -5.49. The SMILES string of the molecule is CC/C=C\C/C=C\C/C=C\C/C=C\C/C=C\C/C=C\C/C=C\CCCCCCCC(=O)OCC(COC(=O)CCCCCCC/C=C\CCCCCCCC)OC(=O)CCC/C=C\C/C=C\C/C=C\C/C=C\C/C=C\C/C=C\C/C=C\CC. The van der Waals surface area contributed by atoms with E-state index in [0.29, 0.717) is 19.3 Å². The third-order valence-corrected chi connectivity index (χ3v) is 13.4. The van der Waals surface area contributed by atoms with Gasteiger partial charge in [0, 0.05) is 19.3 Å². The Balaban J connectivity index is 4.55. The van der Waals surface area contributed by atoms with Crippen molar-refractivity contribution in [2.75, 3.05) is 13.2 Å². The van der Waals surface area contributed by atoms with Crippen LogP contribution < -0.4 is 0 Å². The number of rotatable bonds is 58. The van der Waals surface area contributed by atoms with E-state index in [9.17, 15) is 14.4 Å². The van der Waals surface area contributed by atoms with Crippen molar-refractivity contribution >= 4 is 17.9 Å². The van der Waals surface area contributed by atoms with Crippen molar-refractivity contribution in [2.45, 2.75) is 271 Å². The normalized spacial score (nSPS) is 13.3. The Labute approximate surface area is 510 Å². The van der Waals surface area contributed by atoms with E-state index in [2.05, 4.69) is 203 Å². The molecule has 1 unspecified atom stereocenters. The van der Waals surface area contributed by atoms with Crippen molar-refractivity contribution in [2.24, 2.45) is 0 Å². The number of hydrogen-bond acceptors (Lipinski definition) is 6. The van der Waals surface area contributed by atoms with Gasteiger partial charge < -0.3 is 14.2 Å². The molecule has 0 spiro atoms. The van der Waals surface area contributed by atoms with Crippen molar-refractivity contribution in [1.29, 1.82) is 0 Å². The van der Waals surface area contributed by atoms with E-state index in [4.69, 9.17) is 14.2 Å². The number of carbonyl (C=O) groups is 3. The van der Waals surface area contributed by atoms with Crippen molar-refractivity contribution < 1.29 is 28.6 Å². The monoisotopic (exact) mass is 1140 g/mol. The Morgan fingerprint density at radius 1 is 0.253 bits per heavy atom. The van der Waals surface area contributed by atoms with E-state index in [1.807, 2.05) is 0 Å². The molecule has 464 valence electrons. The molecule has 0 N–H and O–H groups in total. The first-order valence-corrected chi connectivity index (χ1v) is 33.3. The van der Waals surface area contributed by atoms with E-state index in [0.717, 1.165) is 167 Å². The molecular formula is C77H120O6. The molecule has 0 saturated carbocycles. The largest absolute Gasteiger partial charge is 0.462 e. The van der Waals surface area contributed by atoms with E-state index >= 15 is 0 Å². The van der Waals surface area contributed by atoms with Gasteiger partial charge in [0.05, 0.1) is 0 Å². The van der Waals surface area contributed by atoms with E-state index in [1.165, 1.54) is 51.4 Å². The second-order valence-corrected chi connectivity index (χ2v) is 21.3. The molecular weight excluding hydrogens is 1020 g/mol.